The van der Waals surface area contributed by atoms with Gasteiger partial charge in [0.2, 0.25) is 0 Å². The molecule has 34 heavy (non-hydrogen) atoms. The van der Waals surface area contributed by atoms with Crippen molar-refractivity contribution in [2.75, 3.05) is 26.2 Å². The zero-order chi connectivity index (χ0) is 24.4. The number of aliphatic hydroxyl groups is 1. The summed E-state index contributed by atoms with van der Waals surface area (Å²) >= 11 is 0. The van der Waals surface area contributed by atoms with Crippen LogP contribution in [0, 0.1) is 5.82 Å². The highest BCUT2D eigenvalue weighted by molar-refractivity contribution is 6.46. The van der Waals surface area contributed by atoms with Gasteiger partial charge in [0.1, 0.15) is 23.4 Å². The van der Waals surface area contributed by atoms with E-state index in [1.54, 1.807) is 36.4 Å². The summed E-state index contributed by atoms with van der Waals surface area (Å²) < 4.78 is 20.6. The lowest BCUT2D eigenvalue weighted by Crippen LogP contribution is -2.33. The zero-order valence-electron chi connectivity index (χ0n) is 19.9. The number of rotatable bonds is 8. The molecule has 2 aliphatic heterocycles. The molecule has 2 atom stereocenters. The number of carbonyl (C=O) groups excluding carboxylic acids is 2. The molecule has 0 radical (unpaired) electrons. The van der Waals surface area contributed by atoms with Crippen LogP contribution in [-0.2, 0) is 16.0 Å². The van der Waals surface area contributed by atoms with E-state index in [4.69, 9.17) is 4.74 Å². The van der Waals surface area contributed by atoms with E-state index in [1.165, 1.54) is 11.0 Å². The number of likely N-dealkylation sites (tertiary alicyclic amines) is 1. The number of aliphatic hydroxyl groups excluding tert-OH is 1. The van der Waals surface area contributed by atoms with E-state index in [0.717, 1.165) is 30.9 Å². The summed E-state index contributed by atoms with van der Waals surface area (Å²) in [4.78, 5) is 29.8. The third kappa shape index (κ3) is 4.44. The van der Waals surface area contributed by atoms with E-state index in [2.05, 4.69) is 18.7 Å². The first-order valence-corrected chi connectivity index (χ1v) is 11.9. The normalized spacial score (nSPS) is 21.3. The molecule has 6 nitrogen and oxygen atoms in total. The molecule has 2 aromatic carbocycles. The number of nitrogens with zero attached hydrogens (tertiary/aromatic N) is 2. The smallest absolute Gasteiger partial charge is 0.295 e. The molecule has 0 spiro atoms. The second-order valence-electron chi connectivity index (χ2n) is 8.85. The Morgan fingerprint density at radius 1 is 1.18 bits per heavy atom. The average Bonchev–Trinajstić information content (AvgIpc) is 3.32. The summed E-state index contributed by atoms with van der Waals surface area (Å²) in [5.41, 5.74) is 1.46. The Morgan fingerprint density at radius 2 is 1.91 bits per heavy atom. The summed E-state index contributed by atoms with van der Waals surface area (Å²) in [5, 5.41) is 11.2. The number of hydrogen-bond acceptors (Lipinski definition) is 5. The van der Waals surface area contributed by atoms with Crippen molar-refractivity contribution < 1.29 is 23.8 Å². The topological polar surface area (TPSA) is 70.1 Å². The van der Waals surface area contributed by atoms with Crippen LogP contribution in [0.5, 0.6) is 5.75 Å². The van der Waals surface area contributed by atoms with Crippen molar-refractivity contribution in [3.63, 3.8) is 0 Å². The van der Waals surface area contributed by atoms with Crippen LogP contribution in [-0.4, -0.2) is 58.9 Å². The van der Waals surface area contributed by atoms with Gasteiger partial charge in [0.15, 0.2) is 0 Å². The number of hydrogen-bond donors (Lipinski definition) is 1. The Morgan fingerprint density at radius 3 is 2.62 bits per heavy atom. The maximum atomic E-state index is 14.9. The molecular formula is C27H31FN2O4. The molecule has 0 saturated carbocycles. The molecule has 1 saturated heterocycles. The fourth-order valence-corrected chi connectivity index (χ4v) is 4.86. The fraction of sp³-hybridized carbons (Fsp3) is 0.407. The third-order valence-electron chi connectivity index (χ3n) is 6.68. The van der Waals surface area contributed by atoms with Crippen LogP contribution in [0.1, 0.15) is 49.9 Å². The molecule has 4 rings (SSSR count). The number of fused-ring (bicyclic) bond motifs is 1. The van der Waals surface area contributed by atoms with Crippen molar-refractivity contribution in [3.8, 4) is 5.75 Å². The lowest BCUT2D eigenvalue weighted by molar-refractivity contribution is -0.140. The molecule has 180 valence electrons. The van der Waals surface area contributed by atoms with Gasteiger partial charge in [-0.05, 0) is 62.8 Å². The second kappa shape index (κ2) is 9.97. The summed E-state index contributed by atoms with van der Waals surface area (Å²) in [7, 11) is 0. The van der Waals surface area contributed by atoms with Gasteiger partial charge in [0, 0.05) is 24.1 Å². The van der Waals surface area contributed by atoms with Crippen molar-refractivity contribution in [3.05, 3.63) is 70.5 Å². The number of carbonyl (C=O) groups is 2. The van der Waals surface area contributed by atoms with Crippen LogP contribution in [0.4, 0.5) is 4.39 Å². The predicted octanol–water partition coefficient (Wildman–Crippen LogP) is 4.30. The van der Waals surface area contributed by atoms with Crippen LogP contribution < -0.4 is 4.74 Å². The van der Waals surface area contributed by atoms with E-state index in [0.29, 0.717) is 18.4 Å². The van der Waals surface area contributed by atoms with Crippen molar-refractivity contribution in [1.82, 2.24) is 9.80 Å². The Labute approximate surface area is 199 Å². The molecule has 0 bridgehead atoms. The van der Waals surface area contributed by atoms with Gasteiger partial charge in [-0.2, -0.15) is 0 Å². The lowest BCUT2D eigenvalue weighted by atomic mass is 9.94. The number of halogens is 1. The van der Waals surface area contributed by atoms with E-state index >= 15 is 0 Å². The number of ether oxygens (including phenoxy) is 1. The Hall–Kier alpha value is -3.19. The highest BCUT2D eigenvalue weighted by Gasteiger charge is 2.46. The van der Waals surface area contributed by atoms with Crippen LogP contribution in [0.15, 0.2) is 48.0 Å². The van der Waals surface area contributed by atoms with Crippen molar-refractivity contribution in [2.45, 2.75) is 45.8 Å². The summed E-state index contributed by atoms with van der Waals surface area (Å²) in [6, 6.07) is 10.3. The summed E-state index contributed by atoms with van der Waals surface area (Å²) in [5.74, 6) is -1.58. The maximum Gasteiger partial charge on any atom is 0.295 e. The van der Waals surface area contributed by atoms with Gasteiger partial charge in [-0.15, -0.1) is 0 Å². The number of ketones is 1. The number of Topliss-reactive ketones (excluding diaryl/α,β-unsaturated/α-hetero) is 1. The van der Waals surface area contributed by atoms with Gasteiger partial charge < -0.3 is 19.6 Å². The predicted molar refractivity (Wildman–Crippen MR) is 128 cm³/mol. The quantitative estimate of drug-likeness (QED) is 0.357. The first kappa shape index (κ1) is 24.0. The van der Waals surface area contributed by atoms with Crippen LogP contribution in [0.3, 0.4) is 0 Å². The van der Waals surface area contributed by atoms with Gasteiger partial charge in [-0.1, -0.05) is 32.0 Å². The van der Waals surface area contributed by atoms with E-state index in [1.807, 2.05) is 6.92 Å². The Bertz CT molecular complexity index is 1130. The van der Waals surface area contributed by atoms with E-state index < -0.39 is 23.5 Å². The molecule has 0 aliphatic carbocycles. The van der Waals surface area contributed by atoms with Crippen LogP contribution in [0.2, 0.25) is 0 Å². The van der Waals surface area contributed by atoms with Gasteiger partial charge >= 0.3 is 0 Å². The fourth-order valence-electron chi connectivity index (χ4n) is 4.86. The Kier molecular flexibility index (Phi) is 7.03. The molecule has 2 aromatic rings. The molecule has 0 unspecified atom stereocenters. The monoisotopic (exact) mass is 466 g/mol. The molecule has 2 aliphatic rings. The highest BCUT2D eigenvalue weighted by atomic mass is 19.1. The maximum absolute atomic E-state index is 14.9. The van der Waals surface area contributed by atoms with Gasteiger partial charge in [0.25, 0.3) is 11.7 Å². The molecule has 1 N–H and O–H groups in total. The number of benzene rings is 2. The second-order valence-corrected chi connectivity index (χ2v) is 8.85. The van der Waals surface area contributed by atoms with Gasteiger partial charge in [0.05, 0.1) is 11.6 Å². The minimum atomic E-state index is -0.985. The third-order valence-corrected chi connectivity index (χ3v) is 6.68. The average molecular weight is 467 g/mol. The standard InChI is InChI=1S/C27H31FN2O4/c1-4-29(5-2)13-8-14-30-24(20-9-6-7-10-21(20)28)23(26(32)27(30)33)25(31)18-11-12-22-19(16-18)15-17(3)34-22/h6-7,9-12,16-17,24,31H,4-5,8,13-15H2,1-3H3/t17-,24-/m1/s1. The SMILES string of the molecule is CCN(CC)CCCN1C(=O)C(=O)C(=C(O)c2ccc3c(c2)C[C@@H](C)O3)[C@H]1c1ccccc1F. The van der Waals surface area contributed by atoms with E-state index in [9.17, 15) is 19.1 Å². The van der Waals surface area contributed by atoms with Crippen molar-refractivity contribution in [2.24, 2.45) is 0 Å². The van der Waals surface area contributed by atoms with Crippen LogP contribution in [0.25, 0.3) is 5.76 Å². The molecule has 0 aromatic heterocycles. The molecule has 2 heterocycles. The lowest BCUT2D eigenvalue weighted by Gasteiger charge is -2.27. The first-order chi connectivity index (χ1) is 16.3. The molecular weight excluding hydrogens is 435 g/mol. The van der Waals surface area contributed by atoms with Crippen molar-refractivity contribution in [1.29, 1.82) is 0 Å². The molecule has 1 fully saturated rings. The summed E-state index contributed by atoms with van der Waals surface area (Å²) in [6.07, 6.45) is 1.35. The van der Waals surface area contributed by atoms with Gasteiger partial charge in [-0.3, -0.25) is 9.59 Å². The number of amides is 1. The van der Waals surface area contributed by atoms with Gasteiger partial charge in [-0.25, -0.2) is 4.39 Å². The first-order valence-electron chi connectivity index (χ1n) is 11.9. The van der Waals surface area contributed by atoms with E-state index in [-0.39, 0.29) is 29.5 Å². The molecule has 7 heteroatoms. The van der Waals surface area contributed by atoms with Crippen molar-refractivity contribution >= 4 is 17.4 Å². The van der Waals surface area contributed by atoms with Crippen LogP contribution >= 0.6 is 0 Å². The highest BCUT2D eigenvalue weighted by Crippen LogP contribution is 2.41. The minimum absolute atomic E-state index is 0.0298. The molecule has 1 amide bonds. The summed E-state index contributed by atoms with van der Waals surface area (Å²) in [6.45, 7) is 8.89. The minimum Gasteiger partial charge on any atom is -0.507 e. The largest absolute Gasteiger partial charge is 0.507 e. The Balaban J connectivity index is 1.74. The zero-order valence-corrected chi connectivity index (χ0v) is 19.9.